The summed E-state index contributed by atoms with van der Waals surface area (Å²) in [5.74, 6) is 0.523. The second-order valence-electron chi connectivity index (χ2n) is 3.48. The highest BCUT2D eigenvalue weighted by molar-refractivity contribution is 7.93. The van der Waals surface area contributed by atoms with Crippen molar-refractivity contribution in [3.8, 4) is 5.75 Å². The number of nitrogens with zero attached hydrogens (tertiary/aromatic N) is 2. The van der Waals surface area contributed by atoms with Gasteiger partial charge in [-0.05, 0) is 12.1 Å². The molecule has 0 aliphatic carbocycles. The first-order valence-corrected chi connectivity index (χ1v) is 7.21. The predicted molar refractivity (Wildman–Crippen MR) is 73.5 cm³/mol. The maximum atomic E-state index is 12.1. The van der Waals surface area contributed by atoms with Crippen LogP contribution in [0.3, 0.4) is 0 Å². The van der Waals surface area contributed by atoms with Crippen LogP contribution in [-0.4, -0.2) is 24.5 Å². The molecule has 10 heteroatoms. The summed E-state index contributed by atoms with van der Waals surface area (Å²) in [6, 6.07) is 4.64. The second kappa shape index (κ2) is 5.19. The van der Waals surface area contributed by atoms with Gasteiger partial charge in [-0.1, -0.05) is 0 Å². The first kappa shape index (κ1) is 13.8. The molecule has 0 bridgehead atoms. The highest BCUT2D eigenvalue weighted by atomic mass is 35.5. The molecule has 0 spiro atoms. The van der Waals surface area contributed by atoms with Crippen LogP contribution >= 0.6 is 23.9 Å². The summed E-state index contributed by atoms with van der Waals surface area (Å²) < 4.78 is 35.4. The Kier molecular flexibility index (Phi) is 3.78. The molecule has 2 N–H and O–H groups in total. The molecule has 0 unspecified atom stereocenters. The highest BCUT2D eigenvalue weighted by Crippen LogP contribution is 2.31. The zero-order chi connectivity index (χ0) is 12.6. The van der Waals surface area contributed by atoms with Crippen LogP contribution < -0.4 is 14.8 Å². The van der Waals surface area contributed by atoms with Crippen LogP contribution in [0.1, 0.15) is 0 Å². The van der Waals surface area contributed by atoms with Gasteiger partial charge in [0.2, 0.25) is 5.13 Å². The van der Waals surface area contributed by atoms with E-state index in [-0.39, 0.29) is 22.4 Å². The lowest BCUT2D eigenvalue weighted by molar-refractivity contribution is 0.371. The number of nitrogens with one attached hydrogen (secondary N) is 2. The van der Waals surface area contributed by atoms with E-state index < -0.39 is 10.0 Å². The quantitative estimate of drug-likeness (QED) is 0.890. The topological polar surface area (TPSA) is 93.2 Å². The largest absolute Gasteiger partial charge is 0.471 e. The van der Waals surface area contributed by atoms with Crippen molar-refractivity contribution in [2.45, 2.75) is 4.90 Å². The van der Waals surface area contributed by atoms with Crippen LogP contribution in [0.5, 0.6) is 5.75 Å². The molecule has 0 amide bonds. The van der Waals surface area contributed by atoms with Gasteiger partial charge in [-0.15, -0.1) is 12.4 Å². The molecule has 1 aliphatic heterocycles. The first-order valence-electron chi connectivity index (χ1n) is 4.95. The van der Waals surface area contributed by atoms with Crippen LogP contribution in [0.25, 0.3) is 0 Å². The van der Waals surface area contributed by atoms with Crippen molar-refractivity contribution < 1.29 is 13.2 Å². The fraction of sp³-hybridized carbons (Fsp3) is 0.111. The monoisotopic (exact) mass is 320 g/mol. The summed E-state index contributed by atoms with van der Waals surface area (Å²) in [5, 5.41) is 3.20. The second-order valence-corrected chi connectivity index (χ2v) is 5.94. The summed E-state index contributed by atoms with van der Waals surface area (Å²) in [6.07, 6.45) is 1.29. The Labute approximate surface area is 119 Å². The Hall–Kier alpha value is -1.58. The van der Waals surface area contributed by atoms with Gasteiger partial charge in [-0.2, -0.15) is 4.37 Å². The van der Waals surface area contributed by atoms with E-state index in [1.54, 1.807) is 6.07 Å². The van der Waals surface area contributed by atoms with E-state index in [0.29, 0.717) is 12.5 Å². The van der Waals surface area contributed by atoms with Crippen molar-refractivity contribution in [1.82, 2.24) is 9.36 Å². The van der Waals surface area contributed by atoms with Gasteiger partial charge in [0, 0.05) is 17.6 Å². The van der Waals surface area contributed by atoms with Crippen molar-refractivity contribution in [2.24, 2.45) is 0 Å². The van der Waals surface area contributed by atoms with Crippen LogP contribution in [0, 0.1) is 0 Å². The number of fused-ring (bicyclic) bond motifs is 1. The lowest BCUT2D eigenvalue weighted by Gasteiger charge is -2.05. The lowest BCUT2D eigenvalue weighted by atomic mass is 10.3. The minimum atomic E-state index is -3.65. The first-order chi connectivity index (χ1) is 8.65. The zero-order valence-corrected chi connectivity index (χ0v) is 11.8. The standard InChI is InChI=1S/C9H8N4O3S2.ClH/c14-18(15,13-9-10-4-12-17-9)6-1-2-7-8(3-6)16-5-11-7;/h1-4,11H,5H2,(H,10,12,13);1H. The van der Waals surface area contributed by atoms with Gasteiger partial charge < -0.3 is 10.1 Å². The van der Waals surface area contributed by atoms with Crippen LogP contribution in [0.15, 0.2) is 29.4 Å². The predicted octanol–water partition coefficient (Wildman–Crippen LogP) is 1.52. The lowest BCUT2D eigenvalue weighted by Crippen LogP contribution is -2.12. The van der Waals surface area contributed by atoms with Crippen molar-refractivity contribution >= 4 is 44.8 Å². The molecule has 1 aliphatic rings. The molecule has 1 aromatic heterocycles. The minimum absolute atomic E-state index is 0. The SMILES string of the molecule is Cl.O=S(=O)(Nc1ncns1)c1ccc2c(c1)OCN2. The van der Waals surface area contributed by atoms with E-state index in [9.17, 15) is 8.42 Å². The number of rotatable bonds is 3. The molecule has 102 valence electrons. The molecule has 0 saturated heterocycles. The van der Waals surface area contributed by atoms with Gasteiger partial charge in [0.05, 0.1) is 10.6 Å². The Morgan fingerprint density at radius 2 is 2.26 bits per heavy atom. The Balaban J connectivity index is 0.00000133. The van der Waals surface area contributed by atoms with Gasteiger partial charge in [-0.25, -0.2) is 13.4 Å². The number of sulfonamides is 1. The minimum Gasteiger partial charge on any atom is -0.471 e. The smallest absolute Gasteiger partial charge is 0.263 e. The molecule has 3 rings (SSSR count). The number of anilines is 2. The molecule has 0 radical (unpaired) electrons. The average Bonchev–Trinajstić information content (AvgIpc) is 2.97. The van der Waals surface area contributed by atoms with Gasteiger partial charge in [0.15, 0.2) is 6.73 Å². The Morgan fingerprint density at radius 3 is 3.00 bits per heavy atom. The van der Waals surface area contributed by atoms with E-state index in [4.69, 9.17) is 4.74 Å². The zero-order valence-electron chi connectivity index (χ0n) is 9.36. The maximum absolute atomic E-state index is 12.1. The Morgan fingerprint density at radius 1 is 1.42 bits per heavy atom. The van der Waals surface area contributed by atoms with Gasteiger partial charge in [0.1, 0.15) is 12.1 Å². The number of hydrogen-bond acceptors (Lipinski definition) is 7. The summed E-state index contributed by atoms with van der Waals surface area (Å²) in [5.41, 5.74) is 0.782. The van der Waals surface area contributed by atoms with Gasteiger partial charge in [-0.3, -0.25) is 4.72 Å². The van der Waals surface area contributed by atoms with Crippen molar-refractivity contribution in [2.75, 3.05) is 16.8 Å². The molecule has 1 aromatic carbocycles. The number of ether oxygens (including phenoxy) is 1. The van der Waals surface area contributed by atoms with Gasteiger partial charge >= 0.3 is 0 Å². The van der Waals surface area contributed by atoms with Crippen molar-refractivity contribution in [3.05, 3.63) is 24.5 Å². The molecule has 19 heavy (non-hydrogen) atoms. The third kappa shape index (κ3) is 2.72. The van der Waals surface area contributed by atoms with Crippen LogP contribution in [0.2, 0.25) is 0 Å². The molecule has 0 saturated carbocycles. The molecular weight excluding hydrogens is 312 g/mol. The van der Waals surface area contributed by atoms with Crippen molar-refractivity contribution in [1.29, 1.82) is 0 Å². The fourth-order valence-electron chi connectivity index (χ4n) is 1.52. The third-order valence-electron chi connectivity index (χ3n) is 2.34. The molecule has 0 fully saturated rings. The molecule has 0 atom stereocenters. The molecular formula is C9H9ClN4O3S2. The molecule has 2 heterocycles. The number of halogens is 1. The van der Waals surface area contributed by atoms with E-state index in [1.807, 2.05) is 0 Å². The van der Waals surface area contributed by atoms with Gasteiger partial charge in [0.25, 0.3) is 10.0 Å². The van der Waals surface area contributed by atoms with Crippen LogP contribution in [-0.2, 0) is 10.0 Å². The fourth-order valence-corrected chi connectivity index (χ4v) is 3.20. The maximum Gasteiger partial charge on any atom is 0.263 e. The normalized spacial score (nSPS) is 12.8. The van der Waals surface area contributed by atoms with E-state index in [2.05, 4.69) is 19.4 Å². The summed E-state index contributed by atoms with van der Waals surface area (Å²) in [6.45, 7) is 0.350. The molecule has 7 nitrogen and oxygen atoms in total. The molecule has 2 aromatic rings. The summed E-state index contributed by atoms with van der Waals surface area (Å²) in [7, 11) is -3.65. The Bertz CT molecular complexity index is 675. The van der Waals surface area contributed by atoms with E-state index >= 15 is 0 Å². The highest BCUT2D eigenvalue weighted by Gasteiger charge is 2.20. The number of benzene rings is 1. The summed E-state index contributed by atoms with van der Waals surface area (Å²) >= 11 is 0.975. The third-order valence-corrected chi connectivity index (χ3v) is 4.38. The van der Waals surface area contributed by atoms with E-state index in [1.165, 1.54) is 18.5 Å². The number of hydrogen-bond donors (Lipinski definition) is 2. The van der Waals surface area contributed by atoms with E-state index in [0.717, 1.165) is 17.2 Å². The average molecular weight is 321 g/mol. The van der Waals surface area contributed by atoms with Crippen molar-refractivity contribution in [3.63, 3.8) is 0 Å². The van der Waals surface area contributed by atoms with Crippen LogP contribution in [0.4, 0.5) is 10.8 Å². The number of aromatic nitrogens is 2. The summed E-state index contributed by atoms with van der Waals surface area (Å²) in [4.78, 5) is 3.90.